The number of hydrogen-bond donors (Lipinski definition) is 0. The van der Waals surface area contributed by atoms with Crippen molar-refractivity contribution in [3.8, 4) is 11.8 Å². The first-order chi connectivity index (χ1) is 7.79. The second-order valence-electron chi connectivity index (χ2n) is 3.00. The Morgan fingerprint density at radius 3 is 2.56 bits per heavy atom. The van der Waals surface area contributed by atoms with Crippen LogP contribution < -0.4 is 4.74 Å². The lowest BCUT2D eigenvalue weighted by molar-refractivity contribution is 0.0740. The number of carbonyl (C=O) groups excluding carboxylic acids is 1. The lowest BCUT2D eigenvalue weighted by Gasteiger charge is -2.01. The Kier molecular flexibility index (Phi) is 2.99. The first-order valence-corrected chi connectivity index (χ1v) is 5.43. The molecule has 0 saturated heterocycles. The molecule has 1 aromatic carbocycles. The first-order valence-electron chi connectivity index (χ1n) is 4.55. The van der Waals surface area contributed by atoms with Crippen molar-refractivity contribution in [3.63, 3.8) is 0 Å². The maximum atomic E-state index is 11.6. The molecule has 78 valence electrons. The maximum Gasteiger partial charge on any atom is 0.353 e. The van der Waals surface area contributed by atoms with E-state index in [9.17, 15) is 4.79 Å². The Hall–Kier alpha value is -2.12. The SMILES string of the molecule is N#Cc1ccc(OC(=O)c2cccs2)cc1. The van der Waals surface area contributed by atoms with Gasteiger partial charge in [0, 0.05) is 0 Å². The zero-order chi connectivity index (χ0) is 11.4. The molecule has 0 unspecified atom stereocenters. The van der Waals surface area contributed by atoms with Gasteiger partial charge in [-0.3, -0.25) is 0 Å². The highest BCUT2D eigenvalue weighted by atomic mass is 32.1. The zero-order valence-electron chi connectivity index (χ0n) is 8.21. The van der Waals surface area contributed by atoms with Crippen molar-refractivity contribution in [2.75, 3.05) is 0 Å². The number of thiophene rings is 1. The highest BCUT2D eigenvalue weighted by Gasteiger charge is 2.08. The minimum absolute atomic E-state index is 0.375. The molecule has 0 spiro atoms. The van der Waals surface area contributed by atoms with Crippen molar-refractivity contribution in [1.29, 1.82) is 5.26 Å². The van der Waals surface area contributed by atoms with E-state index in [4.69, 9.17) is 10.00 Å². The minimum Gasteiger partial charge on any atom is -0.422 e. The van der Waals surface area contributed by atoms with E-state index in [0.717, 1.165) is 0 Å². The molecule has 2 aromatic rings. The summed E-state index contributed by atoms with van der Waals surface area (Å²) in [6.07, 6.45) is 0. The third-order valence-electron chi connectivity index (χ3n) is 1.92. The largest absolute Gasteiger partial charge is 0.422 e. The van der Waals surface area contributed by atoms with Crippen LogP contribution in [0.5, 0.6) is 5.75 Å². The normalized spacial score (nSPS) is 9.44. The Labute approximate surface area is 96.5 Å². The molecule has 3 nitrogen and oxygen atoms in total. The van der Waals surface area contributed by atoms with Gasteiger partial charge < -0.3 is 4.74 Å². The standard InChI is InChI=1S/C12H7NO2S/c13-8-9-3-5-10(6-4-9)15-12(14)11-2-1-7-16-11/h1-7H. The zero-order valence-corrected chi connectivity index (χ0v) is 9.03. The average Bonchev–Trinajstić information content (AvgIpc) is 2.83. The summed E-state index contributed by atoms with van der Waals surface area (Å²) in [5, 5.41) is 10.4. The molecular formula is C12H7NO2S. The van der Waals surface area contributed by atoms with E-state index in [2.05, 4.69) is 0 Å². The number of rotatable bonds is 2. The van der Waals surface area contributed by atoms with Gasteiger partial charge in [0.25, 0.3) is 0 Å². The first kappa shape index (κ1) is 10.4. The Bertz CT molecular complexity index is 523. The van der Waals surface area contributed by atoms with Gasteiger partial charge in [0.15, 0.2) is 0 Å². The van der Waals surface area contributed by atoms with E-state index in [0.29, 0.717) is 16.2 Å². The predicted octanol–water partition coefficient (Wildman–Crippen LogP) is 2.84. The smallest absolute Gasteiger partial charge is 0.353 e. The van der Waals surface area contributed by atoms with E-state index in [1.54, 1.807) is 36.4 Å². The van der Waals surface area contributed by atoms with E-state index in [-0.39, 0.29) is 5.97 Å². The van der Waals surface area contributed by atoms with Crippen LogP contribution in [0.15, 0.2) is 41.8 Å². The summed E-state index contributed by atoms with van der Waals surface area (Å²) in [6.45, 7) is 0. The van der Waals surface area contributed by atoms with Gasteiger partial charge in [0.05, 0.1) is 11.6 Å². The fourth-order valence-electron chi connectivity index (χ4n) is 1.15. The van der Waals surface area contributed by atoms with Crippen LogP contribution >= 0.6 is 11.3 Å². The highest BCUT2D eigenvalue weighted by molar-refractivity contribution is 7.12. The number of carbonyl (C=O) groups is 1. The second kappa shape index (κ2) is 4.60. The van der Waals surface area contributed by atoms with Crippen molar-refractivity contribution in [1.82, 2.24) is 0 Å². The van der Waals surface area contributed by atoms with E-state index < -0.39 is 0 Å². The molecule has 2 rings (SSSR count). The van der Waals surface area contributed by atoms with Gasteiger partial charge in [-0.25, -0.2) is 4.79 Å². The quantitative estimate of drug-likeness (QED) is 0.587. The van der Waals surface area contributed by atoms with Gasteiger partial charge in [-0.15, -0.1) is 11.3 Å². The summed E-state index contributed by atoms with van der Waals surface area (Å²) in [5.41, 5.74) is 0.538. The van der Waals surface area contributed by atoms with Crippen molar-refractivity contribution < 1.29 is 9.53 Å². The van der Waals surface area contributed by atoms with E-state index in [1.807, 2.05) is 11.4 Å². The van der Waals surface area contributed by atoms with Gasteiger partial charge in [-0.05, 0) is 35.7 Å². The van der Waals surface area contributed by atoms with E-state index in [1.165, 1.54) is 11.3 Å². The molecule has 0 fully saturated rings. The van der Waals surface area contributed by atoms with Gasteiger partial charge >= 0.3 is 5.97 Å². The molecular weight excluding hydrogens is 222 g/mol. The van der Waals surface area contributed by atoms with Crippen LogP contribution in [0.3, 0.4) is 0 Å². The molecule has 1 aromatic heterocycles. The van der Waals surface area contributed by atoms with Crippen molar-refractivity contribution in [2.24, 2.45) is 0 Å². The second-order valence-corrected chi connectivity index (χ2v) is 3.95. The molecule has 0 radical (unpaired) electrons. The molecule has 4 heteroatoms. The van der Waals surface area contributed by atoms with Crippen LogP contribution in [-0.4, -0.2) is 5.97 Å². The molecule has 0 aliphatic rings. The number of ether oxygens (including phenoxy) is 1. The highest BCUT2D eigenvalue weighted by Crippen LogP contribution is 2.16. The lowest BCUT2D eigenvalue weighted by Crippen LogP contribution is -2.05. The molecule has 0 aliphatic heterocycles. The summed E-state index contributed by atoms with van der Waals surface area (Å²) >= 11 is 1.33. The Morgan fingerprint density at radius 1 is 1.25 bits per heavy atom. The van der Waals surface area contributed by atoms with Crippen molar-refractivity contribution in [2.45, 2.75) is 0 Å². The third kappa shape index (κ3) is 2.27. The number of benzene rings is 1. The van der Waals surface area contributed by atoms with Crippen LogP contribution in [0.1, 0.15) is 15.2 Å². The van der Waals surface area contributed by atoms with Gasteiger partial charge in [-0.1, -0.05) is 6.07 Å². The predicted molar refractivity (Wildman–Crippen MR) is 60.4 cm³/mol. The Balaban J connectivity index is 2.10. The van der Waals surface area contributed by atoms with Gasteiger partial charge in [-0.2, -0.15) is 5.26 Å². The van der Waals surface area contributed by atoms with Crippen LogP contribution in [0.4, 0.5) is 0 Å². The molecule has 0 N–H and O–H groups in total. The molecule has 0 aliphatic carbocycles. The minimum atomic E-state index is -0.375. The topological polar surface area (TPSA) is 50.1 Å². The lowest BCUT2D eigenvalue weighted by atomic mass is 10.2. The summed E-state index contributed by atoms with van der Waals surface area (Å²) in [7, 11) is 0. The van der Waals surface area contributed by atoms with E-state index >= 15 is 0 Å². The number of esters is 1. The number of hydrogen-bond acceptors (Lipinski definition) is 4. The molecule has 0 atom stereocenters. The molecule has 1 heterocycles. The summed E-state index contributed by atoms with van der Waals surface area (Å²) in [6, 6.07) is 11.9. The monoisotopic (exact) mass is 229 g/mol. The van der Waals surface area contributed by atoms with Crippen LogP contribution in [0.25, 0.3) is 0 Å². The van der Waals surface area contributed by atoms with Gasteiger partial charge in [0.1, 0.15) is 10.6 Å². The van der Waals surface area contributed by atoms with Crippen LogP contribution in [-0.2, 0) is 0 Å². The molecule has 0 amide bonds. The fourth-order valence-corrected chi connectivity index (χ4v) is 1.75. The maximum absolute atomic E-state index is 11.6. The number of nitrogens with zero attached hydrogens (tertiary/aromatic N) is 1. The summed E-state index contributed by atoms with van der Waals surface area (Å²) in [5.74, 6) is 0.0668. The Morgan fingerprint density at radius 2 is 2.00 bits per heavy atom. The van der Waals surface area contributed by atoms with Crippen LogP contribution in [0.2, 0.25) is 0 Å². The van der Waals surface area contributed by atoms with Crippen molar-refractivity contribution in [3.05, 3.63) is 52.2 Å². The summed E-state index contributed by atoms with van der Waals surface area (Å²) < 4.78 is 5.12. The fraction of sp³-hybridized carbons (Fsp3) is 0. The summed E-state index contributed by atoms with van der Waals surface area (Å²) in [4.78, 5) is 12.1. The molecule has 0 bridgehead atoms. The van der Waals surface area contributed by atoms with Crippen LogP contribution in [0, 0.1) is 11.3 Å². The number of nitriles is 1. The molecule has 16 heavy (non-hydrogen) atoms. The van der Waals surface area contributed by atoms with Crippen molar-refractivity contribution >= 4 is 17.3 Å². The average molecular weight is 229 g/mol. The third-order valence-corrected chi connectivity index (χ3v) is 2.77. The molecule has 0 saturated carbocycles. The van der Waals surface area contributed by atoms with Gasteiger partial charge in [0.2, 0.25) is 0 Å².